The highest BCUT2D eigenvalue weighted by atomic mass is 32.2. The summed E-state index contributed by atoms with van der Waals surface area (Å²) in [6.45, 7) is 4.31. The minimum atomic E-state index is -3.61. The first-order valence-corrected chi connectivity index (χ1v) is 12.3. The second kappa shape index (κ2) is 9.40. The SMILES string of the molecule is Cc1ccc(S(=O)(=O)N2CCC(C(=O)NNC(=O)C3COc4ccccc4O3)CC2)cc1C. The van der Waals surface area contributed by atoms with Crippen LogP contribution in [0.25, 0.3) is 0 Å². The molecule has 2 aliphatic rings. The Morgan fingerprint density at radius 3 is 2.30 bits per heavy atom. The van der Waals surface area contributed by atoms with Gasteiger partial charge in [0.2, 0.25) is 22.0 Å². The van der Waals surface area contributed by atoms with Crippen LogP contribution >= 0.6 is 0 Å². The molecule has 0 aliphatic carbocycles. The minimum absolute atomic E-state index is 0.0352. The summed E-state index contributed by atoms with van der Waals surface area (Å²) < 4.78 is 38.4. The average Bonchev–Trinajstić information content (AvgIpc) is 2.83. The molecule has 2 amide bonds. The minimum Gasteiger partial charge on any atom is -0.485 e. The van der Waals surface area contributed by atoms with E-state index in [4.69, 9.17) is 9.47 Å². The van der Waals surface area contributed by atoms with E-state index in [0.717, 1.165) is 11.1 Å². The average molecular weight is 474 g/mol. The molecule has 1 saturated heterocycles. The molecule has 4 rings (SSSR count). The quantitative estimate of drug-likeness (QED) is 0.654. The van der Waals surface area contributed by atoms with E-state index < -0.39 is 28.0 Å². The molecule has 1 atom stereocenters. The summed E-state index contributed by atoms with van der Waals surface area (Å²) in [5.74, 6) is -0.252. The number of rotatable bonds is 4. The van der Waals surface area contributed by atoms with Gasteiger partial charge in [0.1, 0.15) is 6.61 Å². The van der Waals surface area contributed by atoms with Crippen LogP contribution in [0, 0.1) is 19.8 Å². The third-order valence-electron chi connectivity index (χ3n) is 6.05. The van der Waals surface area contributed by atoms with Crippen LogP contribution in [0.15, 0.2) is 47.4 Å². The molecule has 176 valence electrons. The fourth-order valence-corrected chi connectivity index (χ4v) is 5.39. The Bertz CT molecular complexity index is 1160. The van der Waals surface area contributed by atoms with Gasteiger partial charge >= 0.3 is 0 Å². The van der Waals surface area contributed by atoms with Crippen molar-refractivity contribution in [2.45, 2.75) is 37.7 Å². The van der Waals surface area contributed by atoms with Crippen molar-refractivity contribution < 1.29 is 27.5 Å². The number of nitrogens with one attached hydrogen (secondary N) is 2. The second-order valence-corrected chi connectivity index (χ2v) is 10.2. The number of nitrogens with zero attached hydrogens (tertiary/aromatic N) is 1. The van der Waals surface area contributed by atoms with E-state index >= 15 is 0 Å². The molecular weight excluding hydrogens is 446 g/mol. The van der Waals surface area contributed by atoms with E-state index in [-0.39, 0.29) is 30.5 Å². The zero-order valence-corrected chi connectivity index (χ0v) is 19.4. The molecule has 33 heavy (non-hydrogen) atoms. The van der Waals surface area contributed by atoms with E-state index in [9.17, 15) is 18.0 Å². The number of ether oxygens (including phenoxy) is 2. The van der Waals surface area contributed by atoms with E-state index in [0.29, 0.717) is 24.3 Å². The summed E-state index contributed by atoms with van der Waals surface area (Å²) in [6.07, 6.45) is -0.158. The standard InChI is InChI=1S/C23H27N3O6S/c1-15-7-8-18(13-16(15)2)33(29,30)26-11-9-17(10-12-26)22(27)24-25-23(28)21-14-31-19-5-3-4-6-20(19)32-21/h3-8,13,17,21H,9-12,14H2,1-2H3,(H,24,27)(H,25,28). The van der Waals surface area contributed by atoms with Crippen LogP contribution in [0.4, 0.5) is 0 Å². The molecule has 0 aromatic heterocycles. The van der Waals surface area contributed by atoms with Crippen molar-refractivity contribution in [2.24, 2.45) is 5.92 Å². The maximum absolute atomic E-state index is 12.9. The number of amides is 2. The Morgan fingerprint density at radius 1 is 0.939 bits per heavy atom. The zero-order chi connectivity index (χ0) is 23.6. The fraction of sp³-hybridized carbons (Fsp3) is 0.391. The first-order valence-electron chi connectivity index (χ1n) is 10.8. The number of hydrogen-bond donors (Lipinski definition) is 2. The monoisotopic (exact) mass is 473 g/mol. The van der Waals surface area contributed by atoms with Gasteiger partial charge < -0.3 is 9.47 Å². The summed E-state index contributed by atoms with van der Waals surface area (Å²) in [5.41, 5.74) is 6.76. The number of para-hydroxylation sites is 2. The van der Waals surface area contributed by atoms with Gasteiger partial charge in [-0.2, -0.15) is 4.31 Å². The first kappa shape index (κ1) is 23.1. The highest BCUT2D eigenvalue weighted by Crippen LogP contribution is 2.31. The molecule has 0 saturated carbocycles. The van der Waals surface area contributed by atoms with Crippen molar-refractivity contribution in [3.05, 3.63) is 53.6 Å². The fourth-order valence-electron chi connectivity index (χ4n) is 3.84. The number of aryl methyl sites for hydroxylation is 2. The summed E-state index contributed by atoms with van der Waals surface area (Å²) in [4.78, 5) is 25.2. The number of benzene rings is 2. The normalized spacial score (nSPS) is 19.0. The van der Waals surface area contributed by atoms with Crippen molar-refractivity contribution in [1.29, 1.82) is 0 Å². The third kappa shape index (κ3) is 4.96. The molecule has 1 unspecified atom stereocenters. The van der Waals surface area contributed by atoms with Crippen LogP contribution in [0.5, 0.6) is 11.5 Å². The highest BCUT2D eigenvalue weighted by Gasteiger charge is 2.33. The number of hydrazine groups is 1. The molecule has 1 fully saturated rings. The predicted octanol–water partition coefficient (Wildman–Crippen LogP) is 1.69. The number of hydrogen-bond acceptors (Lipinski definition) is 6. The Balaban J connectivity index is 1.27. The first-order chi connectivity index (χ1) is 15.8. The van der Waals surface area contributed by atoms with Gasteiger partial charge in [-0.15, -0.1) is 0 Å². The van der Waals surface area contributed by atoms with Crippen molar-refractivity contribution >= 4 is 21.8 Å². The Labute approximate surface area is 193 Å². The molecule has 0 radical (unpaired) electrons. The molecule has 2 aromatic rings. The van der Waals surface area contributed by atoms with E-state index in [2.05, 4.69) is 10.9 Å². The van der Waals surface area contributed by atoms with Gasteiger partial charge in [0.15, 0.2) is 11.5 Å². The van der Waals surface area contributed by atoms with Gasteiger partial charge in [-0.25, -0.2) is 8.42 Å². The molecular formula is C23H27N3O6S. The zero-order valence-electron chi connectivity index (χ0n) is 18.5. The van der Waals surface area contributed by atoms with Gasteiger partial charge in [-0.3, -0.25) is 20.4 Å². The molecule has 2 N–H and O–H groups in total. The molecule has 2 heterocycles. The predicted molar refractivity (Wildman–Crippen MR) is 120 cm³/mol. The summed E-state index contributed by atoms with van der Waals surface area (Å²) in [7, 11) is -3.61. The number of carbonyl (C=O) groups excluding carboxylic acids is 2. The van der Waals surface area contributed by atoms with Crippen LogP contribution in [0.3, 0.4) is 0 Å². The summed E-state index contributed by atoms with van der Waals surface area (Å²) in [5, 5.41) is 0. The van der Waals surface area contributed by atoms with Gasteiger partial charge in [0.05, 0.1) is 4.90 Å². The lowest BCUT2D eigenvalue weighted by Crippen LogP contribution is -2.53. The maximum atomic E-state index is 12.9. The number of sulfonamides is 1. The van der Waals surface area contributed by atoms with Crippen molar-refractivity contribution in [3.63, 3.8) is 0 Å². The lowest BCUT2D eigenvalue weighted by atomic mass is 9.98. The number of fused-ring (bicyclic) bond motifs is 1. The van der Waals surface area contributed by atoms with Gasteiger partial charge in [-0.05, 0) is 62.1 Å². The van der Waals surface area contributed by atoms with Crippen LogP contribution in [-0.4, -0.2) is 50.3 Å². The van der Waals surface area contributed by atoms with Crippen LogP contribution in [0.1, 0.15) is 24.0 Å². The molecule has 10 heteroatoms. The third-order valence-corrected chi connectivity index (χ3v) is 7.95. The second-order valence-electron chi connectivity index (χ2n) is 8.27. The Hall–Kier alpha value is -3.11. The molecule has 0 bridgehead atoms. The molecule has 2 aromatic carbocycles. The molecule has 0 spiro atoms. The van der Waals surface area contributed by atoms with E-state index in [1.54, 1.807) is 42.5 Å². The Morgan fingerprint density at radius 2 is 1.61 bits per heavy atom. The summed E-state index contributed by atoms with van der Waals surface area (Å²) in [6, 6.07) is 12.1. The topological polar surface area (TPSA) is 114 Å². The maximum Gasteiger partial charge on any atom is 0.283 e. The van der Waals surface area contributed by atoms with Crippen molar-refractivity contribution in [2.75, 3.05) is 19.7 Å². The van der Waals surface area contributed by atoms with Crippen LogP contribution in [0.2, 0.25) is 0 Å². The largest absolute Gasteiger partial charge is 0.485 e. The van der Waals surface area contributed by atoms with Crippen molar-refractivity contribution in [1.82, 2.24) is 15.2 Å². The Kier molecular flexibility index (Phi) is 6.57. The lowest BCUT2D eigenvalue weighted by Gasteiger charge is -2.31. The van der Waals surface area contributed by atoms with E-state index in [1.807, 2.05) is 13.8 Å². The van der Waals surface area contributed by atoms with Gasteiger partial charge in [0, 0.05) is 19.0 Å². The molecule has 2 aliphatic heterocycles. The van der Waals surface area contributed by atoms with Crippen LogP contribution < -0.4 is 20.3 Å². The lowest BCUT2D eigenvalue weighted by molar-refractivity contribution is -0.136. The number of carbonyl (C=O) groups is 2. The smallest absolute Gasteiger partial charge is 0.283 e. The number of piperidine rings is 1. The summed E-state index contributed by atoms with van der Waals surface area (Å²) >= 11 is 0. The molecule has 9 nitrogen and oxygen atoms in total. The van der Waals surface area contributed by atoms with Gasteiger partial charge in [-0.1, -0.05) is 18.2 Å². The van der Waals surface area contributed by atoms with Crippen LogP contribution in [-0.2, 0) is 19.6 Å². The highest BCUT2D eigenvalue weighted by molar-refractivity contribution is 7.89. The van der Waals surface area contributed by atoms with Crippen molar-refractivity contribution in [3.8, 4) is 11.5 Å². The van der Waals surface area contributed by atoms with E-state index in [1.165, 1.54) is 4.31 Å². The van der Waals surface area contributed by atoms with Gasteiger partial charge in [0.25, 0.3) is 5.91 Å².